The smallest absolute Gasteiger partial charge is 0.254 e. The molecule has 4 N–H and O–H groups in total. The molecule has 2 heterocycles. The van der Waals surface area contributed by atoms with Crippen LogP contribution in [0.4, 0.5) is 5.82 Å². The lowest BCUT2D eigenvalue weighted by molar-refractivity contribution is -0.123. The molecular weight excluding hydrogens is 270 g/mol. The summed E-state index contributed by atoms with van der Waals surface area (Å²) in [5.74, 6) is 5.54. The summed E-state index contributed by atoms with van der Waals surface area (Å²) in [7, 11) is 0. The monoisotopic (exact) mass is 291 g/mol. The van der Waals surface area contributed by atoms with Gasteiger partial charge in [0.05, 0.1) is 6.54 Å². The molecule has 2 rings (SSSR count). The first-order valence-electron chi connectivity index (χ1n) is 6.86. The van der Waals surface area contributed by atoms with Gasteiger partial charge in [-0.1, -0.05) is 20.8 Å². The Morgan fingerprint density at radius 1 is 1.43 bits per heavy atom. The number of hydrogen-bond acceptors (Lipinski definition) is 5. The number of nitrogens with two attached hydrogens (primary N) is 1. The maximum absolute atomic E-state index is 12.5. The van der Waals surface area contributed by atoms with Gasteiger partial charge in [0, 0.05) is 29.8 Å². The fraction of sp³-hybridized carbons (Fsp3) is 0.500. The molecule has 1 saturated heterocycles. The highest BCUT2D eigenvalue weighted by molar-refractivity contribution is 5.97. The van der Waals surface area contributed by atoms with Gasteiger partial charge < -0.3 is 15.6 Å². The Morgan fingerprint density at radius 3 is 2.71 bits per heavy atom. The molecule has 7 nitrogen and oxygen atoms in total. The van der Waals surface area contributed by atoms with Crippen LogP contribution in [0.1, 0.15) is 36.8 Å². The highest BCUT2D eigenvalue weighted by atomic mass is 16.2. The maximum Gasteiger partial charge on any atom is 0.254 e. The van der Waals surface area contributed by atoms with Crippen molar-refractivity contribution in [2.45, 2.75) is 26.2 Å². The van der Waals surface area contributed by atoms with Crippen LogP contribution in [0.2, 0.25) is 0 Å². The van der Waals surface area contributed by atoms with Gasteiger partial charge in [0.25, 0.3) is 5.91 Å². The van der Waals surface area contributed by atoms with Crippen LogP contribution >= 0.6 is 0 Å². The van der Waals surface area contributed by atoms with E-state index in [1.165, 1.54) is 4.90 Å². The highest BCUT2D eigenvalue weighted by Crippen LogP contribution is 2.23. The number of amides is 2. The van der Waals surface area contributed by atoms with Crippen molar-refractivity contribution in [1.29, 1.82) is 0 Å². The van der Waals surface area contributed by atoms with E-state index in [2.05, 4.69) is 15.7 Å². The molecule has 1 aromatic heterocycles. The summed E-state index contributed by atoms with van der Waals surface area (Å²) >= 11 is 0. The molecule has 0 saturated carbocycles. The number of piperazine rings is 1. The van der Waals surface area contributed by atoms with Crippen molar-refractivity contribution in [2.24, 2.45) is 5.84 Å². The van der Waals surface area contributed by atoms with Gasteiger partial charge in [0.2, 0.25) is 5.91 Å². The number of nitrogens with zero attached hydrogens (tertiary/aromatic N) is 2. The Hall–Kier alpha value is -2.15. The zero-order chi connectivity index (χ0) is 15.6. The standard InChI is InChI=1S/C14H21N5O2/c1-14(2,3)10-6-9(7-11(17-10)18-15)13(21)19-5-4-16-12(20)8-19/h6-7H,4-5,8,15H2,1-3H3,(H,16,20)(H,17,18). The van der Waals surface area contributed by atoms with Crippen LogP contribution < -0.4 is 16.6 Å². The van der Waals surface area contributed by atoms with Crippen molar-refractivity contribution >= 4 is 17.6 Å². The molecule has 21 heavy (non-hydrogen) atoms. The molecule has 0 unspecified atom stereocenters. The average molecular weight is 291 g/mol. The van der Waals surface area contributed by atoms with Gasteiger partial charge in [0.15, 0.2) is 0 Å². The summed E-state index contributed by atoms with van der Waals surface area (Å²) < 4.78 is 0. The second-order valence-electron chi connectivity index (χ2n) is 6.10. The van der Waals surface area contributed by atoms with Crippen LogP contribution in [0.5, 0.6) is 0 Å². The Morgan fingerprint density at radius 2 is 2.14 bits per heavy atom. The minimum absolute atomic E-state index is 0.0807. The molecule has 7 heteroatoms. The first-order valence-corrected chi connectivity index (χ1v) is 6.86. The Balaban J connectivity index is 2.34. The number of carbonyl (C=O) groups excluding carboxylic acids is 2. The third-order valence-corrected chi connectivity index (χ3v) is 3.31. The molecule has 1 aromatic rings. The largest absolute Gasteiger partial charge is 0.353 e. The average Bonchev–Trinajstić information content (AvgIpc) is 2.45. The second-order valence-corrected chi connectivity index (χ2v) is 6.10. The van der Waals surface area contributed by atoms with Gasteiger partial charge in [-0.15, -0.1) is 0 Å². The molecule has 2 amide bonds. The Bertz CT molecular complexity index is 565. The van der Waals surface area contributed by atoms with Crippen LogP contribution in [-0.2, 0) is 10.2 Å². The summed E-state index contributed by atoms with van der Waals surface area (Å²) in [5.41, 5.74) is 3.53. The summed E-state index contributed by atoms with van der Waals surface area (Å²) in [4.78, 5) is 29.9. The summed E-state index contributed by atoms with van der Waals surface area (Å²) in [6.07, 6.45) is 0. The lowest BCUT2D eigenvalue weighted by Crippen LogP contribution is -2.50. The molecule has 114 valence electrons. The molecule has 1 fully saturated rings. The van der Waals surface area contributed by atoms with E-state index < -0.39 is 0 Å². The van der Waals surface area contributed by atoms with E-state index in [0.717, 1.165) is 5.69 Å². The lowest BCUT2D eigenvalue weighted by atomic mass is 9.90. The quantitative estimate of drug-likeness (QED) is 0.535. The van der Waals surface area contributed by atoms with Crippen molar-refractivity contribution in [3.63, 3.8) is 0 Å². The number of nitrogen functional groups attached to an aromatic ring is 1. The van der Waals surface area contributed by atoms with E-state index >= 15 is 0 Å². The predicted molar refractivity (Wildman–Crippen MR) is 79.7 cm³/mol. The summed E-state index contributed by atoms with van der Waals surface area (Å²) in [6, 6.07) is 3.36. The number of hydrazine groups is 1. The number of rotatable bonds is 2. The van der Waals surface area contributed by atoms with Crippen LogP contribution in [0.25, 0.3) is 0 Å². The molecule has 0 aliphatic carbocycles. The topological polar surface area (TPSA) is 100 Å². The van der Waals surface area contributed by atoms with Crippen LogP contribution in [0.3, 0.4) is 0 Å². The molecule has 0 bridgehead atoms. The van der Waals surface area contributed by atoms with Gasteiger partial charge in [-0.25, -0.2) is 10.8 Å². The van der Waals surface area contributed by atoms with E-state index in [-0.39, 0.29) is 23.8 Å². The number of anilines is 1. The van der Waals surface area contributed by atoms with Crippen molar-refractivity contribution in [1.82, 2.24) is 15.2 Å². The van der Waals surface area contributed by atoms with E-state index in [0.29, 0.717) is 24.5 Å². The SMILES string of the molecule is CC(C)(C)c1cc(C(=O)N2CCNC(=O)C2)cc(NN)n1. The van der Waals surface area contributed by atoms with Gasteiger partial charge in [-0.3, -0.25) is 9.59 Å². The maximum atomic E-state index is 12.5. The van der Waals surface area contributed by atoms with Crippen LogP contribution in [0, 0.1) is 0 Å². The molecule has 1 aliphatic heterocycles. The lowest BCUT2D eigenvalue weighted by Gasteiger charge is -2.27. The minimum Gasteiger partial charge on any atom is -0.353 e. The number of hydrogen-bond donors (Lipinski definition) is 3. The van der Waals surface area contributed by atoms with Crippen molar-refractivity contribution < 1.29 is 9.59 Å². The predicted octanol–water partition coefficient (Wildman–Crippen LogP) is 0.237. The number of pyridine rings is 1. The van der Waals surface area contributed by atoms with E-state index in [1.807, 2.05) is 20.8 Å². The van der Waals surface area contributed by atoms with Crippen molar-refractivity contribution in [3.05, 3.63) is 23.4 Å². The van der Waals surface area contributed by atoms with Crippen molar-refractivity contribution in [3.8, 4) is 0 Å². The minimum atomic E-state index is -0.207. The van der Waals surface area contributed by atoms with Crippen LogP contribution in [0.15, 0.2) is 12.1 Å². The first-order chi connectivity index (χ1) is 9.81. The fourth-order valence-corrected chi connectivity index (χ4v) is 2.11. The summed E-state index contributed by atoms with van der Waals surface area (Å²) in [5, 5.41) is 2.70. The van der Waals surface area contributed by atoms with Gasteiger partial charge in [-0.05, 0) is 12.1 Å². The number of carbonyl (C=O) groups is 2. The van der Waals surface area contributed by atoms with Crippen LogP contribution in [-0.4, -0.2) is 41.3 Å². The fourth-order valence-electron chi connectivity index (χ4n) is 2.11. The molecule has 0 aromatic carbocycles. The van der Waals surface area contributed by atoms with E-state index in [4.69, 9.17) is 5.84 Å². The van der Waals surface area contributed by atoms with E-state index in [1.54, 1.807) is 12.1 Å². The summed E-state index contributed by atoms with van der Waals surface area (Å²) in [6.45, 7) is 7.10. The van der Waals surface area contributed by atoms with Crippen molar-refractivity contribution in [2.75, 3.05) is 25.1 Å². The highest BCUT2D eigenvalue weighted by Gasteiger charge is 2.25. The Kier molecular flexibility index (Phi) is 4.13. The molecular formula is C14H21N5O2. The second kappa shape index (κ2) is 5.69. The number of aromatic nitrogens is 1. The third-order valence-electron chi connectivity index (χ3n) is 3.31. The normalized spacial score (nSPS) is 15.6. The molecule has 0 atom stereocenters. The Labute approximate surface area is 123 Å². The first kappa shape index (κ1) is 15.2. The number of nitrogens with one attached hydrogen (secondary N) is 2. The molecule has 0 spiro atoms. The van der Waals surface area contributed by atoms with Gasteiger partial charge in [-0.2, -0.15) is 0 Å². The third kappa shape index (κ3) is 3.49. The van der Waals surface area contributed by atoms with E-state index in [9.17, 15) is 9.59 Å². The molecule has 1 aliphatic rings. The zero-order valence-electron chi connectivity index (χ0n) is 12.6. The van der Waals surface area contributed by atoms with Gasteiger partial charge >= 0.3 is 0 Å². The van der Waals surface area contributed by atoms with Gasteiger partial charge in [0.1, 0.15) is 5.82 Å². The zero-order valence-corrected chi connectivity index (χ0v) is 12.6. The molecule has 0 radical (unpaired) electrons.